The van der Waals surface area contributed by atoms with E-state index in [1.54, 1.807) is 0 Å². The molecule has 0 bridgehead atoms. The summed E-state index contributed by atoms with van der Waals surface area (Å²) in [6, 6.07) is 0. The fourth-order valence-electron chi connectivity index (χ4n) is 1.31. The summed E-state index contributed by atoms with van der Waals surface area (Å²) in [6.07, 6.45) is 10.4. The maximum Gasteiger partial charge on any atom is 0.119 e. The van der Waals surface area contributed by atoms with E-state index in [9.17, 15) is 0 Å². The van der Waals surface area contributed by atoms with Gasteiger partial charge in [0.15, 0.2) is 0 Å². The van der Waals surface area contributed by atoms with Gasteiger partial charge in [-0.1, -0.05) is 23.8 Å². The van der Waals surface area contributed by atoms with E-state index in [1.165, 1.54) is 5.57 Å². The van der Waals surface area contributed by atoms with Gasteiger partial charge in [0.1, 0.15) is 5.84 Å². The Morgan fingerprint density at radius 2 is 2.27 bits per heavy atom. The maximum atomic E-state index is 4.37. The lowest BCUT2D eigenvalue weighted by Crippen LogP contribution is -2.12. The molecule has 0 spiro atoms. The van der Waals surface area contributed by atoms with Crippen molar-refractivity contribution >= 4 is 12.6 Å². The number of rotatable bonds is 2. The van der Waals surface area contributed by atoms with Gasteiger partial charge in [0.25, 0.3) is 0 Å². The summed E-state index contributed by atoms with van der Waals surface area (Å²) in [5.41, 5.74) is 5.07. The Morgan fingerprint density at radius 1 is 1.47 bits per heavy atom. The Hall–Kier alpha value is -1.64. The highest BCUT2D eigenvalue weighted by molar-refractivity contribution is 5.80. The summed E-state index contributed by atoms with van der Waals surface area (Å²) in [7, 11) is 0. The summed E-state index contributed by atoms with van der Waals surface area (Å²) >= 11 is 0. The Kier molecular flexibility index (Phi) is 4.54. The molecular weight excluding hydrogens is 186 g/mol. The molecule has 1 aliphatic carbocycles. The third-order valence-electron chi connectivity index (χ3n) is 2.06. The highest BCUT2D eigenvalue weighted by atomic mass is 15.3. The van der Waals surface area contributed by atoms with E-state index in [1.807, 2.05) is 13.0 Å². The number of hydrogen-bond donors (Lipinski definition) is 1. The van der Waals surface area contributed by atoms with Gasteiger partial charge in [-0.3, -0.25) is 5.43 Å². The second-order valence-electron chi connectivity index (χ2n) is 3.49. The third kappa shape index (κ3) is 4.40. The van der Waals surface area contributed by atoms with Crippen molar-refractivity contribution < 1.29 is 0 Å². The first-order chi connectivity index (χ1) is 7.22. The van der Waals surface area contributed by atoms with Crippen LogP contribution in [-0.2, 0) is 0 Å². The van der Waals surface area contributed by atoms with Crippen LogP contribution in [0.15, 0.2) is 45.7 Å². The molecule has 0 unspecified atom stereocenters. The number of hydrazone groups is 1. The molecular formula is C12H17N3. The fourth-order valence-corrected chi connectivity index (χ4v) is 1.31. The summed E-state index contributed by atoms with van der Waals surface area (Å²) in [6.45, 7) is 7.35. The normalized spacial score (nSPS) is 20.8. The zero-order chi connectivity index (χ0) is 11.1. The van der Waals surface area contributed by atoms with Crippen LogP contribution in [0.2, 0.25) is 0 Å². The number of hydrogen-bond acceptors (Lipinski definition) is 2. The molecule has 0 heterocycles. The largest absolute Gasteiger partial charge is 0.266 e. The molecule has 1 aliphatic rings. The van der Waals surface area contributed by atoms with Crippen LogP contribution in [0.1, 0.15) is 26.7 Å². The molecule has 1 N–H and O–H groups in total. The van der Waals surface area contributed by atoms with Crippen molar-refractivity contribution in [2.24, 2.45) is 10.1 Å². The van der Waals surface area contributed by atoms with Crippen molar-refractivity contribution in [3.05, 3.63) is 35.6 Å². The van der Waals surface area contributed by atoms with Gasteiger partial charge >= 0.3 is 0 Å². The van der Waals surface area contributed by atoms with E-state index in [0.29, 0.717) is 0 Å². The quantitative estimate of drug-likeness (QED) is 0.318. The van der Waals surface area contributed by atoms with Crippen molar-refractivity contribution in [1.29, 1.82) is 0 Å². The average Bonchev–Trinajstić information content (AvgIpc) is 2.14. The number of amidine groups is 1. The van der Waals surface area contributed by atoms with Crippen LogP contribution in [0.5, 0.6) is 0 Å². The van der Waals surface area contributed by atoms with E-state index >= 15 is 0 Å². The third-order valence-corrected chi connectivity index (χ3v) is 2.06. The minimum absolute atomic E-state index is 0.752. The van der Waals surface area contributed by atoms with Crippen LogP contribution >= 0.6 is 0 Å². The second-order valence-corrected chi connectivity index (χ2v) is 3.49. The molecule has 3 heteroatoms. The molecule has 0 atom stereocenters. The Morgan fingerprint density at radius 3 is 3.00 bits per heavy atom. The molecule has 0 aromatic carbocycles. The summed E-state index contributed by atoms with van der Waals surface area (Å²) in [4.78, 5) is 4.37. The van der Waals surface area contributed by atoms with Crippen LogP contribution in [0.4, 0.5) is 0 Å². The number of nitrogens with zero attached hydrogens (tertiary/aromatic N) is 2. The first kappa shape index (κ1) is 11.4. The van der Waals surface area contributed by atoms with E-state index in [4.69, 9.17) is 0 Å². The smallest absolute Gasteiger partial charge is 0.119 e. The highest BCUT2D eigenvalue weighted by Gasteiger charge is 1.94. The van der Waals surface area contributed by atoms with Crippen LogP contribution in [0, 0.1) is 0 Å². The average molecular weight is 203 g/mol. The van der Waals surface area contributed by atoms with Crippen LogP contribution < -0.4 is 5.43 Å². The molecule has 0 fully saturated rings. The van der Waals surface area contributed by atoms with Crippen LogP contribution in [-0.4, -0.2) is 12.6 Å². The SMILES string of the molecule is C=NNC(C)=NC1=CC/C=C(/C)CC=C1. The number of nitrogens with one attached hydrogen (secondary N) is 1. The number of aliphatic imine (C=N–C) groups is 1. The zero-order valence-corrected chi connectivity index (χ0v) is 9.33. The molecule has 0 aromatic rings. The van der Waals surface area contributed by atoms with E-state index in [2.05, 4.69) is 47.4 Å². The molecule has 0 aliphatic heterocycles. The standard InChI is InChI=1S/C12H17N3/c1-10-6-4-8-12(9-5-7-10)14-11(2)15-13-3/h4,7-9H,3,5-6H2,1-2H3,(H,14,15)/b8-4?,10-7-,12-9?. The first-order valence-electron chi connectivity index (χ1n) is 5.01. The van der Waals surface area contributed by atoms with E-state index < -0.39 is 0 Å². The first-order valence-corrected chi connectivity index (χ1v) is 5.01. The Balaban J connectivity index is 2.74. The van der Waals surface area contributed by atoms with Crippen LogP contribution in [0.25, 0.3) is 0 Å². The topological polar surface area (TPSA) is 36.8 Å². The van der Waals surface area contributed by atoms with E-state index in [-0.39, 0.29) is 0 Å². The van der Waals surface area contributed by atoms with Crippen molar-refractivity contribution in [2.75, 3.05) is 0 Å². The molecule has 15 heavy (non-hydrogen) atoms. The summed E-state index contributed by atoms with van der Waals surface area (Å²) in [5.74, 6) is 0.752. The second kappa shape index (κ2) is 5.96. The molecule has 80 valence electrons. The number of allylic oxidation sites excluding steroid dienone is 5. The van der Waals surface area contributed by atoms with Crippen LogP contribution in [0.3, 0.4) is 0 Å². The lowest BCUT2D eigenvalue weighted by Gasteiger charge is -2.03. The monoisotopic (exact) mass is 203 g/mol. The molecule has 1 rings (SSSR count). The minimum atomic E-state index is 0.752. The van der Waals surface area contributed by atoms with Gasteiger partial charge in [-0.15, -0.1) is 0 Å². The van der Waals surface area contributed by atoms with Crippen molar-refractivity contribution in [1.82, 2.24) is 5.43 Å². The van der Waals surface area contributed by atoms with Crippen molar-refractivity contribution in [2.45, 2.75) is 26.7 Å². The van der Waals surface area contributed by atoms with Crippen molar-refractivity contribution in [3.8, 4) is 0 Å². The van der Waals surface area contributed by atoms with Gasteiger partial charge in [0.2, 0.25) is 0 Å². The summed E-state index contributed by atoms with van der Waals surface area (Å²) < 4.78 is 0. The fraction of sp³-hybridized carbons (Fsp3) is 0.333. The summed E-state index contributed by atoms with van der Waals surface area (Å²) in [5, 5.41) is 3.56. The van der Waals surface area contributed by atoms with E-state index in [0.717, 1.165) is 24.4 Å². The van der Waals surface area contributed by atoms with Gasteiger partial charge < -0.3 is 0 Å². The zero-order valence-electron chi connectivity index (χ0n) is 9.33. The lowest BCUT2D eigenvalue weighted by molar-refractivity contribution is 1.02. The molecule has 0 amide bonds. The predicted molar refractivity (Wildman–Crippen MR) is 66.0 cm³/mol. The van der Waals surface area contributed by atoms with Gasteiger partial charge in [-0.05, 0) is 32.8 Å². The van der Waals surface area contributed by atoms with Gasteiger partial charge in [-0.25, -0.2) is 4.99 Å². The van der Waals surface area contributed by atoms with Crippen molar-refractivity contribution in [3.63, 3.8) is 0 Å². The predicted octanol–water partition coefficient (Wildman–Crippen LogP) is 2.79. The van der Waals surface area contributed by atoms with Gasteiger partial charge in [0, 0.05) is 6.72 Å². The minimum Gasteiger partial charge on any atom is -0.266 e. The van der Waals surface area contributed by atoms with Gasteiger partial charge in [0.05, 0.1) is 5.70 Å². The molecule has 0 radical (unpaired) electrons. The van der Waals surface area contributed by atoms with Gasteiger partial charge in [-0.2, -0.15) is 5.10 Å². The highest BCUT2D eigenvalue weighted by Crippen LogP contribution is 2.11. The molecule has 3 nitrogen and oxygen atoms in total. The Bertz CT molecular complexity index is 346. The molecule has 0 saturated carbocycles. The maximum absolute atomic E-state index is 4.37. The molecule has 0 aromatic heterocycles. The Labute approximate surface area is 91.0 Å². The molecule has 0 saturated heterocycles. The lowest BCUT2D eigenvalue weighted by atomic mass is 10.1.